The zero-order chi connectivity index (χ0) is 26.1. The number of rotatable bonds is 9. The SMILES string of the molecule is COCC1(COc2cc3c(NCc4cccc(C(F)(F)F)c4)nc(C)nc3cc2OC)CC(F)(F)C1. The largest absolute Gasteiger partial charge is 0.493 e. The first-order valence-corrected chi connectivity index (χ1v) is 11.2. The highest BCUT2D eigenvalue weighted by molar-refractivity contribution is 5.91. The van der Waals surface area contributed by atoms with Crippen molar-refractivity contribution in [2.24, 2.45) is 5.41 Å². The summed E-state index contributed by atoms with van der Waals surface area (Å²) in [5.74, 6) is -1.24. The molecule has 0 amide bonds. The summed E-state index contributed by atoms with van der Waals surface area (Å²) in [6.45, 7) is 1.91. The quantitative estimate of drug-likeness (QED) is 0.355. The van der Waals surface area contributed by atoms with Gasteiger partial charge in [-0.2, -0.15) is 13.2 Å². The lowest BCUT2D eigenvalue weighted by Gasteiger charge is -2.46. The molecule has 3 aromatic rings. The van der Waals surface area contributed by atoms with Crippen LogP contribution in [0.3, 0.4) is 0 Å². The van der Waals surface area contributed by atoms with Crippen LogP contribution >= 0.6 is 0 Å². The van der Waals surface area contributed by atoms with Crippen LogP contribution in [0.5, 0.6) is 11.5 Å². The number of aryl methyl sites for hydroxylation is 1. The van der Waals surface area contributed by atoms with Gasteiger partial charge in [-0.25, -0.2) is 18.7 Å². The van der Waals surface area contributed by atoms with E-state index in [1.54, 1.807) is 25.1 Å². The average molecular weight is 511 g/mol. The molecule has 0 radical (unpaired) electrons. The normalized spacial score (nSPS) is 16.4. The molecule has 0 bridgehead atoms. The Morgan fingerprint density at radius 3 is 2.39 bits per heavy atom. The summed E-state index contributed by atoms with van der Waals surface area (Å²) in [5, 5.41) is 3.62. The van der Waals surface area contributed by atoms with Gasteiger partial charge in [0.05, 0.1) is 31.4 Å². The fourth-order valence-electron chi connectivity index (χ4n) is 4.53. The number of ether oxygens (including phenoxy) is 3. The highest BCUT2D eigenvalue weighted by Crippen LogP contribution is 2.52. The van der Waals surface area contributed by atoms with Gasteiger partial charge in [0.25, 0.3) is 0 Å². The third kappa shape index (κ3) is 5.61. The van der Waals surface area contributed by atoms with Gasteiger partial charge in [-0.05, 0) is 30.7 Å². The van der Waals surface area contributed by atoms with Crippen molar-refractivity contribution in [2.75, 3.05) is 32.8 Å². The zero-order valence-electron chi connectivity index (χ0n) is 20.0. The van der Waals surface area contributed by atoms with Gasteiger partial charge in [0.15, 0.2) is 11.5 Å². The van der Waals surface area contributed by atoms with Crippen molar-refractivity contribution < 1.29 is 36.2 Å². The van der Waals surface area contributed by atoms with Crippen LogP contribution in [-0.2, 0) is 17.5 Å². The average Bonchev–Trinajstić information content (AvgIpc) is 2.79. The van der Waals surface area contributed by atoms with E-state index >= 15 is 0 Å². The summed E-state index contributed by atoms with van der Waals surface area (Å²) >= 11 is 0. The molecule has 6 nitrogen and oxygen atoms in total. The molecule has 1 saturated carbocycles. The molecule has 36 heavy (non-hydrogen) atoms. The second-order valence-electron chi connectivity index (χ2n) is 9.12. The van der Waals surface area contributed by atoms with E-state index in [9.17, 15) is 22.0 Å². The number of hydrogen-bond acceptors (Lipinski definition) is 6. The Kier molecular flexibility index (Phi) is 6.96. The minimum absolute atomic E-state index is 0.00197. The van der Waals surface area contributed by atoms with E-state index in [0.717, 1.165) is 12.1 Å². The highest BCUT2D eigenvalue weighted by atomic mass is 19.4. The molecule has 0 saturated heterocycles. The van der Waals surface area contributed by atoms with Gasteiger partial charge in [0.1, 0.15) is 11.6 Å². The van der Waals surface area contributed by atoms with Crippen LogP contribution < -0.4 is 14.8 Å². The second-order valence-corrected chi connectivity index (χ2v) is 9.12. The minimum Gasteiger partial charge on any atom is -0.493 e. The summed E-state index contributed by atoms with van der Waals surface area (Å²) < 4.78 is 83.0. The molecule has 1 aliphatic rings. The van der Waals surface area contributed by atoms with Crippen molar-refractivity contribution in [3.63, 3.8) is 0 Å². The molecular formula is C25H26F5N3O3. The number of methoxy groups -OCH3 is 2. The number of fused-ring (bicyclic) bond motifs is 1. The Balaban J connectivity index is 1.61. The third-order valence-corrected chi connectivity index (χ3v) is 6.06. The first kappa shape index (κ1) is 25.9. The molecule has 1 aromatic heterocycles. The van der Waals surface area contributed by atoms with E-state index in [1.807, 2.05) is 0 Å². The molecule has 4 rings (SSSR count). The smallest absolute Gasteiger partial charge is 0.416 e. The van der Waals surface area contributed by atoms with Gasteiger partial charge in [-0.1, -0.05) is 12.1 Å². The van der Waals surface area contributed by atoms with Crippen LogP contribution in [0.2, 0.25) is 0 Å². The lowest BCUT2D eigenvalue weighted by atomic mass is 9.67. The molecule has 11 heteroatoms. The summed E-state index contributed by atoms with van der Waals surface area (Å²) in [6.07, 6.45) is -5.12. The molecule has 0 atom stereocenters. The Bertz CT molecular complexity index is 1240. The van der Waals surface area contributed by atoms with Crippen LogP contribution in [0.4, 0.5) is 27.8 Å². The van der Waals surface area contributed by atoms with Crippen LogP contribution in [0, 0.1) is 12.3 Å². The van der Waals surface area contributed by atoms with Crippen molar-refractivity contribution in [3.8, 4) is 11.5 Å². The number of aromatic nitrogens is 2. The number of alkyl halides is 5. The van der Waals surface area contributed by atoms with Crippen LogP contribution in [-0.4, -0.2) is 43.3 Å². The lowest BCUT2D eigenvalue weighted by Crippen LogP contribution is -2.52. The number of anilines is 1. The van der Waals surface area contributed by atoms with E-state index in [4.69, 9.17) is 14.2 Å². The maximum absolute atomic E-state index is 13.6. The van der Waals surface area contributed by atoms with Gasteiger partial charge >= 0.3 is 6.18 Å². The first-order chi connectivity index (χ1) is 16.9. The number of nitrogens with one attached hydrogen (secondary N) is 1. The Hall–Kier alpha value is -3.21. The van der Waals surface area contributed by atoms with Crippen molar-refractivity contribution in [1.29, 1.82) is 0 Å². The Morgan fingerprint density at radius 2 is 1.75 bits per heavy atom. The van der Waals surface area contributed by atoms with Gasteiger partial charge in [-0.3, -0.25) is 0 Å². The third-order valence-electron chi connectivity index (χ3n) is 6.06. The second kappa shape index (κ2) is 9.68. The number of hydrogen-bond donors (Lipinski definition) is 1. The molecule has 1 heterocycles. The molecule has 1 aliphatic carbocycles. The number of nitrogens with zero attached hydrogens (tertiary/aromatic N) is 2. The van der Waals surface area contributed by atoms with Gasteiger partial charge in [-0.15, -0.1) is 0 Å². The predicted octanol–water partition coefficient (Wildman–Crippen LogP) is 6.02. The molecule has 0 spiro atoms. The summed E-state index contributed by atoms with van der Waals surface area (Å²) in [4.78, 5) is 8.83. The lowest BCUT2D eigenvalue weighted by molar-refractivity contribution is -0.190. The van der Waals surface area contributed by atoms with Crippen LogP contribution in [0.1, 0.15) is 29.8 Å². The van der Waals surface area contributed by atoms with E-state index in [1.165, 1.54) is 20.3 Å². The van der Waals surface area contributed by atoms with E-state index in [0.29, 0.717) is 39.6 Å². The summed E-state index contributed by atoms with van der Waals surface area (Å²) in [7, 11) is 2.91. The predicted molar refractivity (Wildman–Crippen MR) is 124 cm³/mol. The Labute approximate surface area is 204 Å². The van der Waals surface area contributed by atoms with Crippen molar-refractivity contribution >= 4 is 16.7 Å². The van der Waals surface area contributed by atoms with E-state index in [-0.39, 0.29) is 32.6 Å². The fourth-order valence-corrected chi connectivity index (χ4v) is 4.53. The minimum atomic E-state index is -4.44. The maximum atomic E-state index is 13.6. The number of halogens is 5. The van der Waals surface area contributed by atoms with Crippen LogP contribution in [0.25, 0.3) is 10.9 Å². The Morgan fingerprint density at radius 1 is 1.00 bits per heavy atom. The van der Waals surface area contributed by atoms with Gasteiger partial charge in [0.2, 0.25) is 5.92 Å². The van der Waals surface area contributed by atoms with Crippen LogP contribution in [0.15, 0.2) is 36.4 Å². The molecular weight excluding hydrogens is 485 g/mol. The molecule has 1 N–H and O–H groups in total. The number of benzene rings is 2. The van der Waals surface area contributed by atoms with E-state index < -0.39 is 23.1 Å². The highest BCUT2D eigenvalue weighted by Gasteiger charge is 2.57. The molecule has 0 aliphatic heterocycles. The monoisotopic (exact) mass is 511 g/mol. The molecule has 1 fully saturated rings. The molecule has 2 aromatic carbocycles. The van der Waals surface area contributed by atoms with Crippen molar-refractivity contribution in [1.82, 2.24) is 9.97 Å². The standard InChI is InChI=1S/C25H26F5N3O3/c1-15-32-19-9-20(35-3)21(36-14-23(13-34-2)11-24(26,27)12-23)8-18(19)22(33-15)31-10-16-5-4-6-17(7-16)25(28,29)30/h4-9H,10-14H2,1-3H3,(H,31,32,33). The van der Waals surface area contributed by atoms with E-state index in [2.05, 4.69) is 15.3 Å². The molecule has 194 valence electrons. The van der Waals surface area contributed by atoms with Gasteiger partial charge in [0, 0.05) is 43.4 Å². The first-order valence-electron chi connectivity index (χ1n) is 11.2. The van der Waals surface area contributed by atoms with Crippen molar-refractivity contribution in [3.05, 3.63) is 53.3 Å². The maximum Gasteiger partial charge on any atom is 0.416 e. The fraction of sp³-hybridized carbons (Fsp3) is 0.440. The van der Waals surface area contributed by atoms with Crippen molar-refractivity contribution in [2.45, 2.75) is 38.4 Å². The molecule has 0 unspecified atom stereocenters. The zero-order valence-corrected chi connectivity index (χ0v) is 20.0. The summed E-state index contributed by atoms with van der Waals surface area (Å²) in [6, 6.07) is 8.30. The topological polar surface area (TPSA) is 65.5 Å². The van der Waals surface area contributed by atoms with Gasteiger partial charge < -0.3 is 19.5 Å². The summed E-state index contributed by atoms with van der Waals surface area (Å²) in [5.41, 5.74) is -0.601.